The molecule has 0 bridgehead atoms. The molecule has 1 rings (SSSR count). The van der Waals surface area contributed by atoms with Gasteiger partial charge in [0.2, 0.25) is 5.91 Å². The highest BCUT2D eigenvalue weighted by atomic mass is 16.5. The Morgan fingerprint density at radius 1 is 1.54 bits per heavy atom. The number of ether oxygens (including phenoxy) is 1. The molecule has 70 valence electrons. The van der Waals surface area contributed by atoms with Crippen molar-refractivity contribution >= 4 is 17.7 Å². The molecule has 5 heteroatoms. The highest BCUT2D eigenvalue weighted by Gasteiger charge is 2.37. The zero-order valence-corrected chi connectivity index (χ0v) is 7.31. The van der Waals surface area contributed by atoms with Crippen molar-refractivity contribution in [3.63, 3.8) is 0 Å². The number of hydrogen-bond donors (Lipinski definition) is 0. The molecule has 0 N–H and O–H groups in total. The van der Waals surface area contributed by atoms with Crippen molar-refractivity contribution in [1.82, 2.24) is 4.90 Å². The summed E-state index contributed by atoms with van der Waals surface area (Å²) in [5.74, 6) is -3.22. The molecule has 1 atom stereocenters. The van der Waals surface area contributed by atoms with E-state index in [9.17, 15) is 14.4 Å². The summed E-state index contributed by atoms with van der Waals surface area (Å²) in [6, 6.07) is 0. The van der Waals surface area contributed by atoms with Crippen molar-refractivity contribution < 1.29 is 19.1 Å². The zero-order chi connectivity index (χ0) is 10.0. The van der Waals surface area contributed by atoms with Crippen LogP contribution in [0.25, 0.3) is 0 Å². The van der Waals surface area contributed by atoms with Crippen molar-refractivity contribution in [2.24, 2.45) is 5.92 Å². The third-order valence-corrected chi connectivity index (χ3v) is 1.78. The highest BCUT2D eigenvalue weighted by Crippen LogP contribution is 2.12. The molecule has 0 aromatic carbocycles. The molecular formula is C8H9NO4. The lowest BCUT2D eigenvalue weighted by Crippen LogP contribution is -2.42. The van der Waals surface area contributed by atoms with Gasteiger partial charge in [-0.1, -0.05) is 0 Å². The molecule has 1 unspecified atom stereocenters. The zero-order valence-electron chi connectivity index (χ0n) is 7.31. The van der Waals surface area contributed by atoms with Crippen molar-refractivity contribution in [2.75, 3.05) is 14.2 Å². The lowest BCUT2D eigenvalue weighted by molar-refractivity contribution is -0.155. The van der Waals surface area contributed by atoms with Gasteiger partial charge in [-0.2, -0.15) is 0 Å². The summed E-state index contributed by atoms with van der Waals surface area (Å²) < 4.78 is 4.34. The van der Waals surface area contributed by atoms with Crippen molar-refractivity contribution in [3.05, 3.63) is 12.3 Å². The smallest absolute Gasteiger partial charge is 0.326 e. The lowest BCUT2D eigenvalue weighted by Gasteiger charge is -2.20. The van der Waals surface area contributed by atoms with Gasteiger partial charge in [0, 0.05) is 13.2 Å². The second-order valence-corrected chi connectivity index (χ2v) is 2.62. The van der Waals surface area contributed by atoms with Crippen LogP contribution in [-0.4, -0.2) is 36.7 Å². The SMILES string of the molecule is COC(=O)C1C(=O)C=CN(C)C1=O. The molecule has 1 aliphatic heterocycles. The number of carbonyl (C=O) groups is 3. The van der Waals surface area contributed by atoms with Crippen molar-refractivity contribution in [2.45, 2.75) is 0 Å². The normalized spacial score (nSPS) is 22.0. The number of rotatable bonds is 1. The lowest BCUT2D eigenvalue weighted by atomic mass is 10.0. The van der Waals surface area contributed by atoms with Crippen LogP contribution in [-0.2, 0) is 19.1 Å². The second kappa shape index (κ2) is 3.38. The topological polar surface area (TPSA) is 63.7 Å². The van der Waals surface area contributed by atoms with E-state index in [1.165, 1.54) is 24.2 Å². The van der Waals surface area contributed by atoms with Crippen LogP contribution in [0.1, 0.15) is 0 Å². The summed E-state index contributed by atoms with van der Waals surface area (Å²) in [4.78, 5) is 34.6. The van der Waals surface area contributed by atoms with Gasteiger partial charge in [0.15, 0.2) is 11.7 Å². The van der Waals surface area contributed by atoms with Crippen LogP contribution in [0.5, 0.6) is 0 Å². The van der Waals surface area contributed by atoms with Crippen molar-refractivity contribution in [1.29, 1.82) is 0 Å². The largest absolute Gasteiger partial charge is 0.468 e. The Bertz CT molecular complexity index is 295. The Morgan fingerprint density at radius 3 is 2.69 bits per heavy atom. The third kappa shape index (κ3) is 1.58. The van der Waals surface area contributed by atoms with E-state index >= 15 is 0 Å². The number of amides is 1. The highest BCUT2D eigenvalue weighted by molar-refractivity contribution is 6.21. The molecule has 0 saturated heterocycles. The minimum absolute atomic E-state index is 0.532. The van der Waals surface area contributed by atoms with Gasteiger partial charge in [0.25, 0.3) is 0 Å². The molecule has 1 heterocycles. The summed E-state index contributed by atoms with van der Waals surface area (Å²) in [6.07, 6.45) is 2.51. The van der Waals surface area contributed by atoms with Gasteiger partial charge in [-0.05, 0) is 6.08 Å². The first-order valence-corrected chi connectivity index (χ1v) is 3.64. The van der Waals surface area contributed by atoms with Crippen LogP contribution in [0, 0.1) is 5.92 Å². The van der Waals surface area contributed by atoms with Gasteiger partial charge in [-0.15, -0.1) is 0 Å². The molecule has 0 spiro atoms. The fourth-order valence-corrected chi connectivity index (χ4v) is 1.02. The predicted octanol–water partition coefficient (Wildman–Crippen LogP) is -0.670. The van der Waals surface area contributed by atoms with E-state index in [-0.39, 0.29) is 0 Å². The predicted molar refractivity (Wildman–Crippen MR) is 42.4 cm³/mol. The Hall–Kier alpha value is -1.65. The van der Waals surface area contributed by atoms with Crippen molar-refractivity contribution in [3.8, 4) is 0 Å². The van der Waals surface area contributed by atoms with E-state index < -0.39 is 23.6 Å². The minimum atomic E-state index is -1.32. The summed E-state index contributed by atoms with van der Waals surface area (Å²) in [5, 5.41) is 0. The number of methoxy groups -OCH3 is 1. The first kappa shape index (κ1) is 9.44. The van der Waals surface area contributed by atoms with E-state index in [4.69, 9.17) is 0 Å². The number of carbonyl (C=O) groups excluding carboxylic acids is 3. The molecule has 0 radical (unpaired) electrons. The van der Waals surface area contributed by atoms with Crippen LogP contribution in [0.4, 0.5) is 0 Å². The van der Waals surface area contributed by atoms with E-state index in [1.807, 2.05) is 0 Å². The van der Waals surface area contributed by atoms with Gasteiger partial charge in [-0.3, -0.25) is 14.4 Å². The fraction of sp³-hybridized carbons (Fsp3) is 0.375. The summed E-state index contributed by atoms with van der Waals surface area (Å²) in [6.45, 7) is 0. The number of esters is 1. The molecule has 0 fully saturated rings. The van der Waals surface area contributed by atoms with Gasteiger partial charge >= 0.3 is 5.97 Å². The number of hydrogen-bond acceptors (Lipinski definition) is 4. The summed E-state index contributed by atoms with van der Waals surface area (Å²) >= 11 is 0. The number of ketones is 1. The molecule has 0 saturated carbocycles. The second-order valence-electron chi connectivity index (χ2n) is 2.62. The first-order chi connectivity index (χ1) is 6.07. The molecular weight excluding hydrogens is 174 g/mol. The molecule has 13 heavy (non-hydrogen) atoms. The average Bonchev–Trinajstić information content (AvgIpc) is 2.12. The molecule has 0 aromatic heterocycles. The van der Waals surface area contributed by atoms with Gasteiger partial charge in [0.1, 0.15) is 0 Å². The third-order valence-electron chi connectivity index (χ3n) is 1.78. The fourth-order valence-electron chi connectivity index (χ4n) is 1.02. The van der Waals surface area contributed by atoms with Gasteiger partial charge < -0.3 is 9.64 Å². The van der Waals surface area contributed by atoms with Crippen LogP contribution in [0.2, 0.25) is 0 Å². The monoisotopic (exact) mass is 183 g/mol. The Balaban J connectivity index is 2.96. The quantitative estimate of drug-likeness (QED) is 0.399. The standard InChI is InChI=1S/C8H9NO4/c1-9-4-3-5(10)6(7(9)11)8(12)13-2/h3-4,6H,1-2H3. The van der Waals surface area contributed by atoms with E-state index in [1.54, 1.807) is 0 Å². The van der Waals surface area contributed by atoms with Crippen LogP contribution in [0.15, 0.2) is 12.3 Å². The van der Waals surface area contributed by atoms with Gasteiger partial charge in [0.05, 0.1) is 7.11 Å². The van der Waals surface area contributed by atoms with Crippen LogP contribution < -0.4 is 0 Å². The molecule has 1 aliphatic rings. The Labute approximate surface area is 75.0 Å². The number of nitrogens with zero attached hydrogens (tertiary/aromatic N) is 1. The van der Waals surface area contributed by atoms with Crippen LogP contribution in [0.3, 0.4) is 0 Å². The maximum absolute atomic E-state index is 11.3. The molecule has 5 nitrogen and oxygen atoms in total. The summed E-state index contributed by atoms with van der Waals surface area (Å²) in [5.41, 5.74) is 0. The first-order valence-electron chi connectivity index (χ1n) is 3.64. The number of allylic oxidation sites excluding steroid dienone is 1. The van der Waals surface area contributed by atoms with E-state index in [0.29, 0.717) is 0 Å². The average molecular weight is 183 g/mol. The minimum Gasteiger partial charge on any atom is -0.468 e. The Kier molecular flexibility index (Phi) is 2.46. The Morgan fingerprint density at radius 2 is 2.15 bits per heavy atom. The molecule has 0 aromatic rings. The maximum atomic E-state index is 11.3. The van der Waals surface area contributed by atoms with Gasteiger partial charge in [-0.25, -0.2) is 0 Å². The van der Waals surface area contributed by atoms with Crippen LogP contribution >= 0.6 is 0 Å². The summed E-state index contributed by atoms with van der Waals surface area (Å²) in [7, 11) is 2.61. The van der Waals surface area contributed by atoms with E-state index in [2.05, 4.69) is 4.74 Å². The molecule has 0 aliphatic carbocycles. The maximum Gasteiger partial charge on any atom is 0.326 e. The molecule has 1 amide bonds. The van der Waals surface area contributed by atoms with E-state index in [0.717, 1.165) is 7.11 Å².